The predicted octanol–water partition coefficient (Wildman–Crippen LogP) is 1.10. The van der Waals surface area contributed by atoms with Crippen LogP contribution in [0, 0.1) is 13.8 Å². The molecule has 1 N–H and O–H groups in total. The number of amides is 1. The summed E-state index contributed by atoms with van der Waals surface area (Å²) in [5.74, 6) is -0.279. The molecule has 1 atom stereocenters. The number of carbonyl (C=O) groups is 1. The average Bonchev–Trinajstić information content (AvgIpc) is 2.60. The average molecular weight is 432 g/mol. The van der Waals surface area contributed by atoms with Crippen LogP contribution in [0.2, 0.25) is 0 Å². The Morgan fingerprint density at radius 3 is 2.39 bits per heavy atom. The Labute approximate surface area is 168 Å². The lowest BCUT2D eigenvalue weighted by atomic mass is 9.99. The first-order valence-corrected chi connectivity index (χ1v) is 12.5. The van der Waals surface area contributed by atoms with Gasteiger partial charge in [-0.1, -0.05) is 0 Å². The first-order valence-electron chi connectivity index (χ1n) is 9.14. The van der Waals surface area contributed by atoms with Crippen molar-refractivity contribution >= 4 is 26.0 Å². The molecular weight excluding hydrogens is 402 g/mol. The first-order chi connectivity index (χ1) is 12.8. The molecule has 1 unspecified atom stereocenters. The highest BCUT2D eigenvalue weighted by Gasteiger charge is 2.30. The minimum Gasteiger partial charge on any atom is -0.334 e. The molecule has 1 heterocycles. The number of sulfonamides is 2. The molecule has 0 aromatic heterocycles. The van der Waals surface area contributed by atoms with Crippen molar-refractivity contribution in [1.82, 2.24) is 13.9 Å². The van der Waals surface area contributed by atoms with Crippen molar-refractivity contribution < 1.29 is 21.6 Å². The molecule has 1 saturated heterocycles. The van der Waals surface area contributed by atoms with Crippen LogP contribution >= 0.6 is 0 Å². The van der Waals surface area contributed by atoms with Gasteiger partial charge in [-0.15, -0.1) is 0 Å². The van der Waals surface area contributed by atoms with Gasteiger partial charge in [-0.3, -0.25) is 4.79 Å². The first kappa shape index (κ1) is 22.8. The number of piperidine rings is 1. The van der Waals surface area contributed by atoms with E-state index in [1.54, 1.807) is 24.8 Å². The van der Waals surface area contributed by atoms with E-state index in [1.807, 2.05) is 0 Å². The van der Waals surface area contributed by atoms with Crippen molar-refractivity contribution in [1.29, 1.82) is 0 Å². The van der Waals surface area contributed by atoms with Gasteiger partial charge in [0.25, 0.3) is 5.91 Å². The van der Waals surface area contributed by atoms with Crippen LogP contribution in [-0.2, 0) is 20.0 Å². The molecule has 1 aromatic rings. The highest BCUT2D eigenvalue weighted by atomic mass is 32.2. The van der Waals surface area contributed by atoms with E-state index in [1.165, 1.54) is 20.2 Å². The Bertz CT molecular complexity index is 956. The van der Waals surface area contributed by atoms with Crippen LogP contribution in [0.5, 0.6) is 0 Å². The third-order valence-corrected chi connectivity index (χ3v) is 7.73. The molecule has 0 spiro atoms. The fraction of sp³-hybridized carbons (Fsp3) is 0.611. The highest BCUT2D eigenvalue weighted by molar-refractivity contribution is 7.89. The zero-order chi connectivity index (χ0) is 21.3. The Morgan fingerprint density at radius 2 is 1.82 bits per heavy atom. The zero-order valence-corrected chi connectivity index (χ0v) is 18.7. The van der Waals surface area contributed by atoms with Crippen LogP contribution in [0.3, 0.4) is 0 Å². The smallest absolute Gasteiger partial charge is 0.254 e. The van der Waals surface area contributed by atoms with Gasteiger partial charge in [0.2, 0.25) is 20.0 Å². The lowest BCUT2D eigenvalue weighted by Crippen LogP contribution is -2.49. The third-order valence-electron chi connectivity index (χ3n) is 5.09. The van der Waals surface area contributed by atoms with E-state index in [9.17, 15) is 21.6 Å². The molecule has 8 nitrogen and oxygen atoms in total. The van der Waals surface area contributed by atoms with Crippen molar-refractivity contribution in [3.8, 4) is 0 Å². The normalized spacial score (nSPS) is 18.5. The van der Waals surface area contributed by atoms with Gasteiger partial charge in [-0.25, -0.2) is 25.9 Å². The SMILES string of the molecule is Cc1cc(C(=O)N2CCCCC2CNS(C)(=O)=O)cc(S(=O)(=O)N(C)C)c1C. The molecule has 2 rings (SSSR count). The lowest BCUT2D eigenvalue weighted by Gasteiger charge is -2.36. The molecule has 0 radical (unpaired) electrons. The standard InChI is InChI=1S/C18H29N3O5S2/c1-13-10-15(11-17(14(13)2)28(25,26)20(3)4)18(22)21-9-7-6-8-16(21)12-19-27(5,23)24/h10-11,16,19H,6-9,12H2,1-5H3. The second-order valence-electron chi connectivity index (χ2n) is 7.47. The number of nitrogens with one attached hydrogen (secondary N) is 1. The Morgan fingerprint density at radius 1 is 1.18 bits per heavy atom. The Balaban J connectivity index is 2.40. The second kappa shape index (κ2) is 8.48. The maximum atomic E-state index is 13.2. The van der Waals surface area contributed by atoms with Crippen molar-refractivity contribution in [3.05, 3.63) is 28.8 Å². The van der Waals surface area contributed by atoms with Crippen LogP contribution in [0.25, 0.3) is 0 Å². The summed E-state index contributed by atoms with van der Waals surface area (Å²) in [6, 6.07) is 2.86. The zero-order valence-electron chi connectivity index (χ0n) is 17.0. The van der Waals surface area contributed by atoms with Crippen LogP contribution in [0.1, 0.15) is 40.7 Å². The molecule has 28 heavy (non-hydrogen) atoms. The molecular formula is C18H29N3O5S2. The summed E-state index contributed by atoms with van der Waals surface area (Å²) in [4.78, 5) is 15.0. The van der Waals surface area contributed by atoms with Crippen LogP contribution in [0.4, 0.5) is 0 Å². The number of hydrogen-bond acceptors (Lipinski definition) is 5. The lowest BCUT2D eigenvalue weighted by molar-refractivity contribution is 0.0618. The molecule has 1 amide bonds. The van der Waals surface area contributed by atoms with Crippen LogP contribution < -0.4 is 4.72 Å². The molecule has 1 aliphatic heterocycles. The summed E-state index contributed by atoms with van der Waals surface area (Å²) in [5.41, 5.74) is 1.63. The summed E-state index contributed by atoms with van der Waals surface area (Å²) in [5, 5.41) is 0. The number of benzene rings is 1. The summed E-state index contributed by atoms with van der Waals surface area (Å²) in [7, 11) is -4.14. The van der Waals surface area contributed by atoms with Crippen molar-refractivity contribution in [2.75, 3.05) is 33.4 Å². The number of aryl methyl sites for hydroxylation is 1. The van der Waals surface area contributed by atoms with Gasteiger partial charge >= 0.3 is 0 Å². The minimum absolute atomic E-state index is 0.115. The van der Waals surface area contributed by atoms with Gasteiger partial charge in [0, 0.05) is 38.8 Å². The van der Waals surface area contributed by atoms with E-state index in [0.29, 0.717) is 29.7 Å². The molecule has 0 bridgehead atoms. The van der Waals surface area contributed by atoms with E-state index in [-0.39, 0.29) is 23.4 Å². The quantitative estimate of drug-likeness (QED) is 0.726. The van der Waals surface area contributed by atoms with Gasteiger partial charge in [0.05, 0.1) is 11.2 Å². The third kappa shape index (κ3) is 5.11. The summed E-state index contributed by atoms with van der Waals surface area (Å²) in [6.45, 7) is 4.16. The molecule has 158 valence electrons. The summed E-state index contributed by atoms with van der Waals surface area (Å²) >= 11 is 0. The number of hydrogen-bond donors (Lipinski definition) is 1. The largest absolute Gasteiger partial charge is 0.334 e. The molecule has 10 heteroatoms. The number of likely N-dealkylation sites (tertiary alicyclic amines) is 1. The molecule has 1 fully saturated rings. The van der Waals surface area contributed by atoms with E-state index in [4.69, 9.17) is 0 Å². The fourth-order valence-electron chi connectivity index (χ4n) is 3.31. The monoisotopic (exact) mass is 431 g/mol. The van der Waals surface area contributed by atoms with Crippen LogP contribution in [0.15, 0.2) is 17.0 Å². The fourth-order valence-corrected chi connectivity index (χ4v) is 5.02. The topological polar surface area (TPSA) is 104 Å². The summed E-state index contributed by atoms with van der Waals surface area (Å²) < 4.78 is 51.8. The molecule has 0 saturated carbocycles. The highest BCUT2D eigenvalue weighted by Crippen LogP contribution is 2.26. The number of nitrogens with zero attached hydrogens (tertiary/aromatic N) is 2. The maximum Gasteiger partial charge on any atom is 0.254 e. The van der Waals surface area contributed by atoms with Gasteiger partial charge in [-0.05, 0) is 56.4 Å². The number of carbonyl (C=O) groups excluding carboxylic acids is 1. The molecule has 0 aliphatic carbocycles. The van der Waals surface area contributed by atoms with Crippen LogP contribution in [-0.4, -0.2) is 71.4 Å². The van der Waals surface area contributed by atoms with E-state index >= 15 is 0 Å². The maximum absolute atomic E-state index is 13.2. The van der Waals surface area contributed by atoms with E-state index in [2.05, 4.69) is 4.72 Å². The van der Waals surface area contributed by atoms with Crippen molar-refractivity contribution in [3.63, 3.8) is 0 Å². The van der Waals surface area contributed by atoms with Crippen molar-refractivity contribution in [2.24, 2.45) is 0 Å². The molecule has 1 aliphatic rings. The second-order valence-corrected chi connectivity index (χ2v) is 11.4. The van der Waals surface area contributed by atoms with Gasteiger partial charge in [0.15, 0.2) is 0 Å². The van der Waals surface area contributed by atoms with Gasteiger partial charge in [-0.2, -0.15) is 0 Å². The predicted molar refractivity (Wildman–Crippen MR) is 108 cm³/mol. The van der Waals surface area contributed by atoms with Gasteiger partial charge < -0.3 is 4.90 Å². The Hall–Kier alpha value is -1.49. The summed E-state index contributed by atoms with van der Waals surface area (Å²) in [6.07, 6.45) is 3.52. The van der Waals surface area contributed by atoms with Gasteiger partial charge in [0.1, 0.15) is 0 Å². The number of rotatable bonds is 6. The van der Waals surface area contributed by atoms with E-state index < -0.39 is 20.0 Å². The molecule has 1 aromatic carbocycles. The Kier molecular flexibility index (Phi) is 6.90. The minimum atomic E-state index is -3.69. The van der Waals surface area contributed by atoms with Crippen molar-refractivity contribution in [2.45, 2.75) is 44.0 Å². The van der Waals surface area contributed by atoms with E-state index in [0.717, 1.165) is 23.4 Å².